The Hall–Kier alpha value is -1.72. The average Bonchev–Trinajstić information content (AvgIpc) is 3.01. The van der Waals surface area contributed by atoms with E-state index in [0.29, 0.717) is 11.0 Å². The van der Waals surface area contributed by atoms with Crippen molar-refractivity contribution < 1.29 is 0 Å². The zero-order valence-electron chi connectivity index (χ0n) is 13.7. The minimum Gasteiger partial charge on any atom is -0.375 e. The molecule has 0 radical (unpaired) electrons. The molecule has 0 bridgehead atoms. The number of nitrogens with zero attached hydrogens (tertiary/aromatic N) is 2. The van der Waals surface area contributed by atoms with Crippen LogP contribution in [0.4, 0.5) is 0 Å². The SMILES string of the molecule is CC(C)c1ccc([C@@H]2CC(c3ccc(Br)cc3)=NN2C(N)=S)cc1. The number of nitrogens with two attached hydrogens (primary N) is 1. The minimum atomic E-state index is 0.0577. The highest BCUT2D eigenvalue weighted by Crippen LogP contribution is 2.33. The molecule has 124 valence electrons. The summed E-state index contributed by atoms with van der Waals surface area (Å²) >= 11 is 8.68. The molecule has 5 heteroatoms. The standard InChI is InChI=1S/C19H20BrN3S/c1-12(2)13-3-5-15(6-4-13)18-11-17(22-23(18)19(21)24)14-7-9-16(20)10-8-14/h3-10,12,18H,11H2,1-2H3,(H2,21,24)/t18-/m0/s1. The number of benzene rings is 2. The maximum absolute atomic E-state index is 5.91. The van der Waals surface area contributed by atoms with Gasteiger partial charge in [-0.1, -0.05) is 66.2 Å². The van der Waals surface area contributed by atoms with E-state index in [1.54, 1.807) is 5.01 Å². The summed E-state index contributed by atoms with van der Waals surface area (Å²) in [5, 5.41) is 6.74. The van der Waals surface area contributed by atoms with Crippen LogP contribution in [0.15, 0.2) is 58.1 Å². The molecular weight excluding hydrogens is 382 g/mol. The molecule has 1 heterocycles. The van der Waals surface area contributed by atoms with Crippen LogP contribution in [0.25, 0.3) is 0 Å². The molecule has 0 saturated carbocycles. The highest BCUT2D eigenvalue weighted by molar-refractivity contribution is 9.10. The third-order valence-corrected chi connectivity index (χ3v) is 5.02. The number of hydrogen-bond acceptors (Lipinski definition) is 2. The molecule has 0 aliphatic carbocycles. The topological polar surface area (TPSA) is 41.6 Å². The second-order valence-corrected chi connectivity index (χ2v) is 7.61. The van der Waals surface area contributed by atoms with E-state index in [-0.39, 0.29) is 6.04 Å². The van der Waals surface area contributed by atoms with E-state index in [1.807, 2.05) is 12.1 Å². The van der Waals surface area contributed by atoms with Crippen molar-refractivity contribution in [3.8, 4) is 0 Å². The summed E-state index contributed by atoms with van der Waals surface area (Å²) in [7, 11) is 0. The number of hydrazone groups is 1. The van der Waals surface area contributed by atoms with Gasteiger partial charge >= 0.3 is 0 Å². The van der Waals surface area contributed by atoms with E-state index >= 15 is 0 Å². The van der Waals surface area contributed by atoms with Crippen LogP contribution in [-0.4, -0.2) is 15.8 Å². The summed E-state index contributed by atoms with van der Waals surface area (Å²) < 4.78 is 1.05. The summed E-state index contributed by atoms with van der Waals surface area (Å²) in [4.78, 5) is 0. The van der Waals surface area contributed by atoms with Gasteiger partial charge in [-0.05, 0) is 47.0 Å². The Labute approximate surface area is 156 Å². The van der Waals surface area contributed by atoms with Gasteiger partial charge in [0.1, 0.15) is 0 Å². The van der Waals surface area contributed by atoms with Crippen LogP contribution in [0.2, 0.25) is 0 Å². The molecule has 3 nitrogen and oxygen atoms in total. The Bertz CT molecular complexity index is 766. The largest absolute Gasteiger partial charge is 0.375 e. The van der Waals surface area contributed by atoms with Gasteiger partial charge in [-0.25, -0.2) is 5.01 Å². The minimum absolute atomic E-state index is 0.0577. The number of hydrogen-bond donors (Lipinski definition) is 1. The summed E-state index contributed by atoms with van der Waals surface area (Å²) in [6.07, 6.45) is 0.792. The molecule has 2 aromatic carbocycles. The molecule has 1 aliphatic rings. The molecule has 0 saturated heterocycles. The van der Waals surface area contributed by atoms with Crippen molar-refractivity contribution in [2.45, 2.75) is 32.2 Å². The zero-order chi connectivity index (χ0) is 17.3. The van der Waals surface area contributed by atoms with Crippen LogP contribution in [0, 0.1) is 0 Å². The third kappa shape index (κ3) is 3.52. The van der Waals surface area contributed by atoms with Crippen LogP contribution in [-0.2, 0) is 0 Å². The molecule has 1 aliphatic heterocycles. The van der Waals surface area contributed by atoms with E-state index in [9.17, 15) is 0 Å². The maximum atomic E-state index is 5.91. The van der Waals surface area contributed by atoms with Gasteiger partial charge in [-0.3, -0.25) is 0 Å². The van der Waals surface area contributed by atoms with E-state index in [4.69, 9.17) is 18.0 Å². The molecule has 0 fully saturated rings. The lowest BCUT2D eigenvalue weighted by molar-refractivity contribution is 0.372. The van der Waals surface area contributed by atoms with Crippen LogP contribution >= 0.6 is 28.1 Å². The fourth-order valence-corrected chi connectivity index (χ4v) is 3.33. The normalized spacial score (nSPS) is 17.2. The highest BCUT2D eigenvalue weighted by Gasteiger charge is 2.30. The van der Waals surface area contributed by atoms with Gasteiger partial charge in [-0.15, -0.1) is 0 Å². The van der Waals surface area contributed by atoms with Gasteiger partial charge in [0.25, 0.3) is 0 Å². The molecule has 0 amide bonds. The van der Waals surface area contributed by atoms with Crippen molar-refractivity contribution in [2.75, 3.05) is 0 Å². The number of thiocarbonyl (C=S) groups is 1. The Morgan fingerprint density at radius 1 is 1.17 bits per heavy atom. The van der Waals surface area contributed by atoms with E-state index in [0.717, 1.165) is 22.2 Å². The second kappa shape index (κ2) is 7.03. The molecule has 0 aromatic heterocycles. The quantitative estimate of drug-likeness (QED) is 0.738. The molecule has 0 unspecified atom stereocenters. The van der Waals surface area contributed by atoms with Gasteiger partial charge in [0.15, 0.2) is 5.11 Å². The number of halogens is 1. The van der Waals surface area contributed by atoms with E-state index < -0.39 is 0 Å². The summed E-state index contributed by atoms with van der Waals surface area (Å²) in [5.41, 5.74) is 10.5. The Morgan fingerprint density at radius 3 is 2.33 bits per heavy atom. The first kappa shape index (κ1) is 17.1. The van der Waals surface area contributed by atoms with E-state index in [1.165, 1.54) is 11.1 Å². The van der Waals surface area contributed by atoms with Crippen molar-refractivity contribution in [2.24, 2.45) is 10.8 Å². The van der Waals surface area contributed by atoms with Crippen molar-refractivity contribution in [3.63, 3.8) is 0 Å². The first-order valence-corrected chi connectivity index (χ1v) is 9.18. The van der Waals surface area contributed by atoms with Gasteiger partial charge in [0.2, 0.25) is 0 Å². The fraction of sp³-hybridized carbons (Fsp3) is 0.263. The average molecular weight is 402 g/mol. The lowest BCUT2D eigenvalue weighted by Gasteiger charge is -2.22. The highest BCUT2D eigenvalue weighted by atomic mass is 79.9. The van der Waals surface area contributed by atoms with Gasteiger partial charge in [0.05, 0.1) is 11.8 Å². The Balaban J connectivity index is 1.89. The molecule has 24 heavy (non-hydrogen) atoms. The molecular formula is C19H20BrN3S. The summed E-state index contributed by atoms with van der Waals surface area (Å²) in [6, 6.07) is 16.9. The second-order valence-electron chi connectivity index (χ2n) is 6.28. The maximum Gasteiger partial charge on any atom is 0.187 e. The third-order valence-electron chi connectivity index (χ3n) is 4.30. The first-order chi connectivity index (χ1) is 11.5. The lowest BCUT2D eigenvalue weighted by Crippen LogP contribution is -2.31. The van der Waals surface area contributed by atoms with Crippen molar-refractivity contribution in [1.29, 1.82) is 0 Å². The predicted molar refractivity (Wildman–Crippen MR) is 107 cm³/mol. The number of rotatable bonds is 3. The van der Waals surface area contributed by atoms with Gasteiger partial charge in [-0.2, -0.15) is 5.10 Å². The van der Waals surface area contributed by atoms with Crippen LogP contribution < -0.4 is 5.73 Å². The summed E-state index contributed by atoms with van der Waals surface area (Å²) in [6.45, 7) is 4.39. The van der Waals surface area contributed by atoms with Crippen molar-refractivity contribution in [1.82, 2.24) is 5.01 Å². The van der Waals surface area contributed by atoms with Crippen molar-refractivity contribution in [3.05, 3.63) is 69.7 Å². The monoisotopic (exact) mass is 401 g/mol. The molecule has 2 N–H and O–H groups in total. The van der Waals surface area contributed by atoms with Gasteiger partial charge < -0.3 is 5.73 Å². The predicted octanol–water partition coefficient (Wildman–Crippen LogP) is 4.97. The molecule has 0 spiro atoms. The summed E-state index contributed by atoms with van der Waals surface area (Å²) in [5.74, 6) is 0.517. The van der Waals surface area contributed by atoms with E-state index in [2.05, 4.69) is 71.3 Å². The molecule has 3 rings (SSSR count). The molecule has 2 aromatic rings. The first-order valence-electron chi connectivity index (χ1n) is 7.97. The van der Waals surface area contributed by atoms with Crippen LogP contribution in [0.3, 0.4) is 0 Å². The van der Waals surface area contributed by atoms with Gasteiger partial charge in [0, 0.05) is 10.9 Å². The fourth-order valence-electron chi connectivity index (χ4n) is 2.89. The van der Waals surface area contributed by atoms with Crippen LogP contribution in [0.1, 0.15) is 48.9 Å². The Morgan fingerprint density at radius 2 is 1.79 bits per heavy atom. The zero-order valence-corrected chi connectivity index (χ0v) is 16.1. The Kier molecular flexibility index (Phi) is 5.01. The van der Waals surface area contributed by atoms with Crippen LogP contribution in [0.5, 0.6) is 0 Å². The smallest absolute Gasteiger partial charge is 0.187 e. The lowest BCUT2D eigenvalue weighted by atomic mass is 9.95. The molecule has 1 atom stereocenters. The van der Waals surface area contributed by atoms with Crippen molar-refractivity contribution >= 4 is 39.0 Å².